The van der Waals surface area contributed by atoms with Crippen LogP contribution in [0.25, 0.3) is 28.4 Å². The van der Waals surface area contributed by atoms with Gasteiger partial charge in [-0.1, -0.05) is 12.1 Å². The Morgan fingerprint density at radius 1 is 0.860 bits per heavy atom. The third-order valence-electron chi connectivity index (χ3n) is 6.70. The minimum Gasteiger partial charge on any atom is -0.508 e. The first kappa shape index (κ1) is 29.4. The number of aliphatic hydroxyl groups excluding tert-OH is 3. The molecule has 13 heteroatoms. The van der Waals surface area contributed by atoms with Crippen molar-refractivity contribution in [2.75, 3.05) is 6.61 Å². The van der Waals surface area contributed by atoms with Crippen molar-refractivity contribution in [2.45, 2.75) is 30.7 Å². The number of hydrogen-bond donors (Lipinski definition) is 7. The van der Waals surface area contributed by atoms with Gasteiger partial charge in [-0.15, -0.1) is 0 Å². The molecule has 43 heavy (non-hydrogen) atoms. The highest BCUT2D eigenvalue weighted by Crippen LogP contribution is 2.38. The normalized spacial score (nSPS) is 22.1. The first-order valence-corrected chi connectivity index (χ1v) is 12.8. The molecule has 0 spiro atoms. The van der Waals surface area contributed by atoms with Crippen molar-refractivity contribution in [3.05, 3.63) is 82.5 Å². The van der Waals surface area contributed by atoms with Gasteiger partial charge in [0.2, 0.25) is 12.0 Å². The van der Waals surface area contributed by atoms with Gasteiger partial charge in [-0.2, -0.15) is 0 Å². The standard InChI is InChI=1S/C30H26O13/c31-16-5-1-14(2-6-16)3-10-24(35)40-13-23-25(36)27(38)28(39)30(43-23)42-21-9-7-17-19(33)12-22(41-29(17)26(21)37)15-4-8-18(32)20(34)11-15/h1-12,23,25,27-28,30-32,34,36-39H,13H2. The van der Waals surface area contributed by atoms with Crippen LogP contribution in [-0.4, -0.2) is 79.0 Å². The van der Waals surface area contributed by atoms with E-state index in [4.69, 9.17) is 18.6 Å². The highest BCUT2D eigenvalue weighted by atomic mass is 16.7. The second-order valence-electron chi connectivity index (χ2n) is 9.65. The number of hydrogen-bond acceptors (Lipinski definition) is 13. The second kappa shape index (κ2) is 12.0. The summed E-state index contributed by atoms with van der Waals surface area (Å²) in [5, 5.41) is 70.9. The largest absolute Gasteiger partial charge is 0.508 e. The van der Waals surface area contributed by atoms with Gasteiger partial charge in [0, 0.05) is 17.7 Å². The zero-order chi connectivity index (χ0) is 30.8. The summed E-state index contributed by atoms with van der Waals surface area (Å²) in [4.78, 5) is 24.9. The number of fused-ring (bicyclic) bond motifs is 1. The van der Waals surface area contributed by atoms with Gasteiger partial charge in [0.05, 0.1) is 5.39 Å². The van der Waals surface area contributed by atoms with E-state index in [-0.39, 0.29) is 39.5 Å². The van der Waals surface area contributed by atoms with Gasteiger partial charge in [0.1, 0.15) is 42.5 Å². The second-order valence-corrected chi connectivity index (χ2v) is 9.65. The number of carbonyl (C=O) groups is 1. The van der Waals surface area contributed by atoms with Crippen molar-refractivity contribution in [1.29, 1.82) is 0 Å². The molecule has 0 aliphatic carbocycles. The van der Waals surface area contributed by atoms with E-state index in [9.17, 15) is 45.3 Å². The number of phenolic OH excluding ortho intramolecular Hbond substituents is 4. The lowest BCUT2D eigenvalue weighted by Crippen LogP contribution is -2.60. The Kier molecular flexibility index (Phi) is 8.23. The molecule has 13 nitrogen and oxygen atoms in total. The molecule has 5 unspecified atom stereocenters. The lowest BCUT2D eigenvalue weighted by Gasteiger charge is -2.39. The smallest absolute Gasteiger partial charge is 0.330 e. The predicted molar refractivity (Wildman–Crippen MR) is 148 cm³/mol. The van der Waals surface area contributed by atoms with E-state index in [0.717, 1.165) is 18.2 Å². The predicted octanol–water partition coefficient (Wildman–Crippen LogP) is 1.73. The molecule has 1 saturated heterocycles. The number of phenols is 4. The Balaban J connectivity index is 1.33. The van der Waals surface area contributed by atoms with E-state index in [1.54, 1.807) is 12.1 Å². The van der Waals surface area contributed by atoms with Gasteiger partial charge in [0.25, 0.3) is 0 Å². The highest BCUT2D eigenvalue weighted by molar-refractivity contribution is 5.87. The zero-order valence-electron chi connectivity index (χ0n) is 22.1. The first-order valence-electron chi connectivity index (χ1n) is 12.8. The number of aliphatic hydroxyl groups is 3. The third kappa shape index (κ3) is 6.24. The Morgan fingerprint density at radius 3 is 2.33 bits per heavy atom. The Hall–Kier alpha value is -5.08. The molecule has 4 aromatic rings. The van der Waals surface area contributed by atoms with Crippen molar-refractivity contribution in [3.63, 3.8) is 0 Å². The van der Waals surface area contributed by atoms with E-state index >= 15 is 0 Å². The lowest BCUT2D eigenvalue weighted by molar-refractivity contribution is -0.278. The van der Waals surface area contributed by atoms with Crippen molar-refractivity contribution in [3.8, 4) is 40.1 Å². The van der Waals surface area contributed by atoms with Gasteiger partial charge >= 0.3 is 5.97 Å². The quantitative estimate of drug-likeness (QED) is 0.0923. The van der Waals surface area contributed by atoms with Crippen LogP contribution in [0, 0.1) is 0 Å². The summed E-state index contributed by atoms with van der Waals surface area (Å²) in [7, 11) is 0. The average molecular weight is 595 g/mol. The van der Waals surface area contributed by atoms with Crippen molar-refractivity contribution in [1.82, 2.24) is 0 Å². The molecular weight excluding hydrogens is 568 g/mol. The van der Waals surface area contributed by atoms with Gasteiger partial charge in [-0.25, -0.2) is 4.79 Å². The van der Waals surface area contributed by atoms with Gasteiger partial charge < -0.3 is 54.4 Å². The van der Waals surface area contributed by atoms with Gasteiger partial charge in [-0.3, -0.25) is 4.79 Å². The van der Waals surface area contributed by atoms with E-state index in [1.165, 1.54) is 42.5 Å². The van der Waals surface area contributed by atoms with Crippen LogP contribution in [0.4, 0.5) is 0 Å². The number of esters is 1. The molecule has 1 aliphatic rings. The molecule has 5 atom stereocenters. The summed E-state index contributed by atoms with van der Waals surface area (Å²) in [5.41, 5.74) is -0.0163. The Bertz CT molecular complexity index is 1730. The first-order chi connectivity index (χ1) is 20.5. The minimum absolute atomic E-state index is 0.0256. The summed E-state index contributed by atoms with van der Waals surface area (Å²) >= 11 is 0. The van der Waals surface area contributed by atoms with Crippen LogP contribution >= 0.6 is 0 Å². The average Bonchev–Trinajstić information content (AvgIpc) is 2.99. The molecule has 1 aromatic heterocycles. The molecule has 5 rings (SSSR count). The molecular formula is C30H26O13. The molecule has 0 bridgehead atoms. The van der Waals surface area contributed by atoms with Crippen molar-refractivity contribution in [2.24, 2.45) is 0 Å². The molecule has 0 amide bonds. The zero-order valence-corrected chi connectivity index (χ0v) is 22.1. The van der Waals surface area contributed by atoms with E-state index in [1.807, 2.05) is 0 Å². The SMILES string of the molecule is O=C(C=Cc1ccc(O)cc1)OCC1OC(Oc2ccc3c(=O)cc(-c4ccc(O)c(O)c4)oc3c2O)C(O)C(O)C1O. The fraction of sp³-hybridized carbons (Fsp3) is 0.200. The van der Waals surface area contributed by atoms with Crippen LogP contribution in [-0.2, 0) is 14.3 Å². The molecule has 224 valence electrons. The Morgan fingerprint density at radius 2 is 1.60 bits per heavy atom. The van der Waals surface area contributed by atoms with Crippen LogP contribution in [0.15, 0.2) is 76.0 Å². The third-order valence-corrected chi connectivity index (χ3v) is 6.70. The summed E-state index contributed by atoms with van der Waals surface area (Å²) in [6.07, 6.45) is -5.73. The van der Waals surface area contributed by atoms with E-state index < -0.39 is 60.2 Å². The molecule has 0 radical (unpaired) electrons. The number of aromatic hydroxyl groups is 4. The van der Waals surface area contributed by atoms with Crippen LogP contribution in [0.3, 0.4) is 0 Å². The van der Waals surface area contributed by atoms with Gasteiger partial charge in [0.15, 0.2) is 28.3 Å². The van der Waals surface area contributed by atoms with E-state index in [0.29, 0.717) is 5.56 Å². The maximum Gasteiger partial charge on any atom is 0.330 e. The fourth-order valence-corrected chi connectivity index (χ4v) is 4.34. The van der Waals surface area contributed by atoms with Crippen molar-refractivity contribution < 1.29 is 59.2 Å². The summed E-state index contributed by atoms with van der Waals surface area (Å²) in [5.74, 6) is -2.61. The molecule has 7 N–H and O–H groups in total. The number of benzene rings is 3. The van der Waals surface area contributed by atoms with Crippen LogP contribution in [0.5, 0.6) is 28.7 Å². The number of carbonyl (C=O) groups excluding carboxylic acids is 1. The van der Waals surface area contributed by atoms with Crippen LogP contribution in [0.1, 0.15) is 5.56 Å². The topological polar surface area (TPSA) is 217 Å². The maximum atomic E-state index is 12.7. The van der Waals surface area contributed by atoms with Crippen molar-refractivity contribution >= 4 is 23.0 Å². The highest BCUT2D eigenvalue weighted by Gasteiger charge is 2.45. The summed E-state index contributed by atoms with van der Waals surface area (Å²) in [6, 6.07) is 13.4. The molecule has 2 heterocycles. The van der Waals surface area contributed by atoms with Crippen LogP contribution in [0.2, 0.25) is 0 Å². The maximum absolute atomic E-state index is 12.7. The fourth-order valence-electron chi connectivity index (χ4n) is 4.34. The molecule has 3 aromatic carbocycles. The number of rotatable bonds is 7. The van der Waals surface area contributed by atoms with Crippen LogP contribution < -0.4 is 10.2 Å². The van der Waals surface area contributed by atoms with Gasteiger partial charge in [-0.05, 0) is 54.1 Å². The molecule has 1 fully saturated rings. The molecule has 0 saturated carbocycles. The lowest BCUT2D eigenvalue weighted by atomic mass is 9.99. The summed E-state index contributed by atoms with van der Waals surface area (Å²) in [6.45, 7) is -0.537. The van der Waals surface area contributed by atoms with E-state index in [2.05, 4.69) is 0 Å². The molecule has 1 aliphatic heterocycles. The number of ether oxygens (including phenoxy) is 3. The summed E-state index contributed by atoms with van der Waals surface area (Å²) < 4.78 is 22.0. The Labute approximate surface area is 242 Å². The minimum atomic E-state index is -1.80. The monoisotopic (exact) mass is 594 g/mol.